The van der Waals surface area contributed by atoms with Gasteiger partial charge in [0.1, 0.15) is 5.78 Å². The van der Waals surface area contributed by atoms with E-state index in [0.717, 1.165) is 42.9 Å². The van der Waals surface area contributed by atoms with Crippen molar-refractivity contribution in [2.24, 2.45) is 40.4 Å². The molecule has 4 saturated carbocycles. The van der Waals surface area contributed by atoms with Crippen LogP contribution >= 0.6 is 0 Å². The Kier molecular flexibility index (Phi) is 3.72. The van der Waals surface area contributed by atoms with Gasteiger partial charge in [0.05, 0.1) is 6.10 Å². The molecule has 0 aromatic heterocycles. The highest BCUT2D eigenvalue weighted by Crippen LogP contribution is 2.67. The predicted molar refractivity (Wildman–Crippen MR) is 91.9 cm³/mol. The maximum atomic E-state index is 12.2. The Morgan fingerprint density at radius 3 is 2.35 bits per heavy atom. The van der Waals surface area contributed by atoms with Crippen molar-refractivity contribution in [3.05, 3.63) is 0 Å². The number of hydrogen-bond donors (Lipinski definition) is 1. The molecule has 4 fully saturated rings. The van der Waals surface area contributed by atoms with E-state index in [2.05, 4.69) is 13.8 Å². The SMILES string of the molecule is CC(=O)[C@H]1CC[C@H]2C3CC[C@H]4C[C@H](O)CC[C@]4(C)C3CC[C@]12C. The fraction of sp³-hybridized carbons (Fsp3) is 0.952. The topological polar surface area (TPSA) is 37.3 Å². The molecule has 0 spiro atoms. The lowest BCUT2D eigenvalue weighted by Gasteiger charge is -2.60. The molecule has 2 unspecified atom stereocenters. The van der Waals surface area contributed by atoms with Crippen molar-refractivity contribution in [2.45, 2.75) is 84.7 Å². The standard InChI is InChI=1S/C21H34O2/c1-13(22)17-6-7-18-16-5-4-14-12-15(23)8-10-20(14,2)19(16)9-11-21(17,18)3/h14-19,23H,4-12H2,1-3H3/t14-,15+,16?,17+,18-,19?,20-,21+/m0/s1. The summed E-state index contributed by atoms with van der Waals surface area (Å²) in [6.45, 7) is 6.80. The minimum Gasteiger partial charge on any atom is -0.393 e. The Balaban J connectivity index is 1.61. The normalized spacial score (nSPS) is 55.7. The Morgan fingerprint density at radius 2 is 1.61 bits per heavy atom. The van der Waals surface area contributed by atoms with E-state index in [-0.39, 0.29) is 11.5 Å². The highest BCUT2D eigenvalue weighted by Gasteiger charge is 2.60. The van der Waals surface area contributed by atoms with Crippen LogP contribution in [0.5, 0.6) is 0 Å². The van der Waals surface area contributed by atoms with E-state index < -0.39 is 0 Å². The molecule has 2 nitrogen and oxygen atoms in total. The number of carbonyl (C=O) groups excluding carboxylic acids is 1. The third-order valence-corrected chi connectivity index (χ3v) is 9.13. The molecule has 8 atom stereocenters. The molecule has 4 rings (SSSR count). The lowest BCUT2D eigenvalue weighted by Crippen LogP contribution is -2.54. The van der Waals surface area contributed by atoms with Crippen molar-refractivity contribution in [2.75, 3.05) is 0 Å². The van der Waals surface area contributed by atoms with Crippen molar-refractivity contribution in [3.8, 4) is 0 Å². The van der Waals surface area contributed by atoms with Crippen LogP contribution in [0.2, 0.25) is 0 Å². The fourth-order valence-electron chi connectivity index (χ4n) is 7.90. The van der Waals surface area contributed by atoms with Crippen LogP contribution in [0.4, 0.5) is 0 Å². The maximum absolute atomic E-state index is 12.2. The smallest absolute Gasteiger partial charge is 0.133 e. The summed E-state index contributed by atoms with van der Waals surface area (Å²) in [6.07, 6.45) is 10.9. The number of ketones is 1. The van der Waals surface area contributed by atoms with Crippen molar-refractivity contribution in [1.82, 2.24) is 0 Å². The van der Waals surface area contributed by atoms with Crippen molar-refractivity contribution in [3.63, 3.8) is 0 Å². The zero-order valence-electron chi connectivity index (χ0n) is 15.2. The van der Waals surface area contributed by atoms with Crippen molar-refractivity contribution >= 4 is 5.78 Å². The molecule has 0 aliphatic heterocycles. The molecular formula is C21H34O2. The second kappa shape index (κ2) is 5.31. The number of fused-ring (bicyclic) bond motifs is 5. The van der Waals surface area contributed by atoms with Gasteiger partial charge >= 0.3 is 0 Å². The van der Waals surface area contributed by atoms with Gasteiger partial charge in [0.2, 0.25) is 0 Å². The van der Waals surface area contributed by atoms with Gasteiger partial charge in [-0.3, -0.25) is 4.79 Å². The van der Waals surface area contributed by atoms with Crippen LogP contribution in [0.3, 0.4) is 0 Å². The highest BCUT2D eigenvalue weighted by atomic mass is 16.3. The van der Waals surface area contributed by atoms with E-state index in [1.54, 1.807) is 0 Å². The Bertz CT molecular complexity index is 500. The Labute approximate surface area is 141 Å². The molecule has 0 amide bonds. The third kappa shape index (κ3) is 2.19. The summed E-state index contributed by atoms with van der Waals surface area (Å²) < 4.78 is 0. The summed E-state index contributed by atoms with van der Waals surface area (Å²) in [4.78, 5) is 12.2. The zero-order chi connectivity index (χ0) is 16.4. The van der Waals surface area contributed by atoms with E-state index in [9.17, 15) is 9.90 Å². The number of Topliss-reactive ketones (excluding diaryl/α,β-unsaturated/α-hetero) is 1. The lowest BCUT2D eigenvalue weighted by molar-refractivity contribution is -0.138. The van der Waals surface area contributed by atoms with Crippen LogP contribution < -0.4 is 0 Å². The van der Waals surface area contributed by atoms with Gasteiger partial charge in [0.25, 0.3) is 0 Å². The Morgan fingerprint density at radius 1 is 0.913 bits per heavy atom. The van der Waals surface area contributed by atoms with Crippen molar-refractivity contribution < 1.29 is 9.90 Å². The second-order valence-corrected chi connectivity index (χ2v) is 9.87. The summed E-state index contributed by atoms with van der Waals surface area (Å²) in [7, 11) is 0. The van der Waals surface area contributed by atoms with Gasteiger partial charge in [-0.15, -0.1) is 0 Å². The number of aliphatic hydroxyl groups is 1. The van der Waals surface area contributed by atoms with Gasteiger partial charge in [-0.2, -0.15) is 0 Å². The molecule has 0 heterocycles. The van der Waals surface area contributed by atoms with Crippen LogP contribution in [0.15, 0.2) is 0 Å². The van der Waals surface area contributed by atoms with Gasteiger partial charge < -0.3 is 5.11 Å². The van der Waals surface area contributed by atoms with E-state index in [1.165, 1.54) is 38.5 Å². The first-order valence-corrected chi connectivity index (χ1v) is 10.0. The summed E-state index contributed by atoms with van der Waals surface area (Å²) >= 11 is 0. The van der Waals surface area contributed by atoms with E-state index >= 15 is 0 Å². The van der Waals surface area contributed by atoms with Gasteiger partial charge in [-0.1, -0.05) is 13.8 Å². The first-order valence-electron chi connectivity index (χ1n) is 10.0. The maximum Gasteiger partial charge on any atom is 0.133 e. The van der Waals surface area contributed by atoms with Gasteiger partial charge in [0.15, 0.2) is 0 Å². The van der Waals surface area contributed by atoms with Gasteiger partial charge in [-0.25, -0.2) is 0 Å². The average Bonchev–Trinajstić information content (AvgIpc) is 2.85. The lowest BCUT2D eigenvalue weighted by atomic mass is 9.44. The monoisotopic (exact) mass is 318 g/mol. The summed E-state index contributed by atoms with van der Waals surface area (Å²) in [6, 6.07) is 0. The molecule has 0 radical (unpaired) electrons. The van der Waals surface area contributed by atoms with E-state index in [0.29, 0.717) is 17.1 Å². The molecule has 0 aromatic rings. The number of rotatable bonds is 1. The van der Waals surface area contributed by atoms with Crippen LogP contribution in [0.25, 0.3) is 0 Å². The fourth-order valence-corrected chi connectivity index (χ4v) is 7.90. The van der Waals surface area contributed by atoms with Crippen LogP contribution in [-0.2, 0) is 4.79 Å². The van der Waals surface area contributed by atoms with Crippen LogP contribution in [0, 0.1) is 40.4 Å². The molecule has 0 aromatic carbocycles. The van der Waals surface area contributed by atoms with E-state index in [4.69, 9.17) is 0 Å². The summed E-state index contributed by atoms with van der Waals surface area (Å²) in [5, 5.41) is 10.1. The molecule has 0 bridgehead atoms. The minimum atomic E-state index is -0.0490. The largest absolute Gasteiger partial charge is 0.393 e. The second-order valence-electron chi connectivity index (χ2n) is 9.87. The number of hydrogen-bond acceptors (Lipinski definition) is 2. The molecule has 0 saturated heterocycles. The number of aliphatic hydroxyl groups excluding tert-OH is 1. The molecular weight excluding hydrogens is 284 g/mol. The highest BCUT2D eigenvalue weighted by molar-refractivity contribution is 5.79. The average molecular weight is 319 g/mol. The molecule has 130 valence electrons. The van der Waals surface area contributed by atoms with Gasteiger partial charge in [-0.05, 0) is 99.2 Å². The first kappa shape index (κ1) is 16.1. The Hall–Kier alpha value is -0.370. The molecule has 1 N–H and O–H groups in total. The van der Waals surface area contributed by atoms with E-state index in [1.807, 2.05) is 6.92 Å². The molecule has 4 aliphatic rings. The minimum absolute atomic E-state index is 0.0490. The summed E-state index contributed by atoms with van der Waals surface area (Å²) in [5.41, 5.74) is 0.738. The third-order valence-electron chi connectivity index (χ3n) is 9.13. The first-order chi connectivity index (χ1) is 10.9. The van der Waals surface area contributed by atoms with Crippen LogP contribution in [-0.4, -0.2) is 17.0 Å². The predicted octanol–water partition coefficient (Wildman–Crippen LogP) is 4.60. The zero-order valence-corrected chi connectivity index (χ0v) is 15.2. The quantitative estimate of drug-likeness (QED) is 0.767. The van der Waals surface area contributed by atoms with Crippen molar-refractivity contribution in [1.29, 1.82) is 0 Å². The molecule has 2 heteroatoms. The van der Waals surface area contributed by atoms with Crippen LogP contribution in [0.1, 0.15) is 78.6 Å². The molecule has 4 aliphatic carbocycles. The number of carbonyl (C=O) groups is 1. The molecule has 23 heavy (non-hydrogen) atoms. The summed E-state index contributed by atoms with van der Waals surface area (Å²) in [5.74, 6) is 3.97. The van der Waals surface area contributed by atoms with Gasteiger partial charge in [0, 0.05) is 5.92 Å².